The maximum absolute atomic E-state index is 12.0. The van der Waals surface area contributed by atoms with Crippen molar-refractivity contribution in [2.24, 2.45) is 0 Å². The number of sulfone groups is 1. The lowest BCUT2D eigenvalue weighted by atomic mass is 10.3. The summed E-state index contributed by atoms with van der Waals surface area (Å²) in [6, 6.07) is -0.322. The van der Waals surface area contributed by atoms with E-state index in [9.17, 15) is 13.2 Å². The van der Waals surface area contributed by atoms with E-state index in [1.54, 1.807) is 14.0 Å². The molecule has 20 heavy (non-hydrogen) atoms. The van der Waals surface area contributed by atoms with E-state index in [0.29, 0.717) is 23.3 Å². The van der Waals surface area contributed by atoms with E-state index in [1.165, 1.54) is 17.1 Å². The average molecular weight is 368 g/mol. The normalized spacial score (nSPS) is 13.2. The largest absolute Gasteiger partial charge is 0.383 e. The molecular weight excluding hydrogens is 350 g/mol. The van der Waals surface area contributed by atoms with E-state index >= 15 is 0 Å². The quantitative estimate of drug-likeness (QED) is 0.754. The van der Waals surface area contributed by atoms with Gasteiger partial charge in [-0.25, -0.2) is 13.1 Å². The van der Waals surface area contributed by atoms with Crippen molar-refractivity contribution in [3.63, 3.8) is 0 Å². The number of anilines is 1. The fourth-order valence-electron chi connectivity index (χ4n) is 1.66. The van der Waals surface area contributed by atoms with Crippen molar-refractivity contribution in [3.8, 4) is 0 Å². The summed E-state index contributed by atoms with van der Waals surface area (Å²) in [7, 11) is -1.54. The zero-order chi connectivity index (χ0) is 15.3. The van der Waals surface area contributed by atoms with E-state index in [1.807, 2.05) is 0 Å². The molecule has 7 nitrogen and oxygen atoms in total. The minimum atomic E-state index is -3.08. The molecule has 1 unspecified atom stereocenters. The highest BCUT2D eigenvalue weighted by molar-refractivity contribution is 9.10. The van der Waals surface area contributed by atoms with Crippen LogP contribution < -0.4 is 10.9 Å². The van der Waals surface area contributed by atoms with Crippen LogP contribution in [0.4, 0.5) is 5.69 Å². The Morgan fingerprint density at radius 2 is 2.20 bits per heavy atom. The van der Waals surface area contributed by atoms with Crippen molar-refractivity contribution in [2.75, 3.05) is 31.0 Å². The third-order valence-corrected chi connectivity index (χ3v) is 4.32. The van der Waals surface area contributed by atoms with Gasteiger partial charge in [0.1, 0.15) is 14.3 Å². The van der Waals surface area contributed by atoms with Gasteiger partial charge in [-0.05, 0) is 22.9 Å². The van der Waals surface area contributed by atoms with Crippen molar-refractivity contribution in [1.82, 2.24) is 9.78 Å². The standard InChI is InChI=1S/C11H18BrN3O4S/c1-8(7-20(3,17)18)14-9-6-13-15(4-5-19-2)11(16)10(9)12/h6,8,14H,4-5,7H2,1-3H3. The molecule has 0 saturated heterocycles. The fourth-order valence-corrected chi connectivity index (χ4v) is 3.08. The molecule has 1 aromatic heterocycles. The number of hydrogen-bond donors (Lipinski definition) is 1. The predicted octanol–water partition coefficient (Wildman–Crippen LogP) is 0.497. The zero-order valence-corrected chi connectivity index (χ0v) is 14.0. The van der Waals surface area contributed by atoms with E-state index in [-0.39, 0.29) is 17.4 Å². The van der Waals surface area contributed by atoms with Crippen molar-refractivity contribution >= 4 is 31.5 Å². The van der Waals surface area contributed by atoms with Crippen LogP contribution in [0.25, 0.3) is 0 Å². The topological polar surface area (TPSA) is 90.3 Å². The maximum atomic E-state index is 12.0. The molecule has 0 amide bonds. The highest BCUT2D eigenvalue weighted by Gasteiger charge is 2.14. The van der Waals surface area contributed by atoms with Gasteiger partial charge in [0.25, 0.3) is 5.56 Å². The Labute approximate surface area is 126 Å². The molecule has 0 radical (unpaired) electrons. The van der Waals surface area contributed by atoms with Gasteiger partial charge in [0, 0.05) is 19.4 Å². The Balaban J connectivity index is 2.88. The van der Waals surface area contributed by atoms with Crippen molar-refractivity contribution in [2.45, 2.75) is 19.5 Å². The molecule has 1 atom stereocenters. The third kappa shape index (κ3) is 5.22. The van der Waals surface area contributed by atoms with Gasteiger partial charge in [-0.2, -0.15) is 5.10 Å². The number of methoxy groups -OCH3 is 1. The number of nitrogens with one attached hydrogen (secondary N) is 1. The van der Waals surface area contributed by atoms with Gasteiger partial charge < -0.3 is 10.1 Å². The first-order valence-corrected chi connectivity index (χ1v) is 8.78. The minimum Gasteiger partial charge on any atom is -0.383 e. The van der Waals surface area contributed by atoms with Gasteiger partial charge in [0.05, 0.1) is 30.8 Å². The summed E-state index contributed by atoms with van der Waals surface area (Å²) >= 11 is 3.21. The fraction of sp³-hybridized carbons (Fsp3) is 0.636. The van der Waals surface area contributed by atoms with Crippen LogP contribution in [0.5, 0.6) is 0 Å². The van der Waals surface area contributed by atoms with Crippen LogP contribution in [-0.4, -0.2) is 50.0 Å². The first-order valence-electron chi connectivity index (χ1n) is 5.93. The molecule has 1 heterocycles. The van der Waals surface area contributed by atoms with Gasteiger partial charge in [0.15, 0.2) is 0 Å². The van der Waals surface area contributed by atoms with E-state index < -0.39 is 9.84 Å². The predicted molar refractivity (Wildman–Crippen MR) is 80.9 cm³/mol. The molecule has 0 aromatic carbocycles. The summed E-state index contributed by atoms with van der Waals surface area (Å²) in [4.78, 5) is 12.0. The number of rotatable bonds is 7. The summed E-state index contributed by atoms with van der Waals surface area (Å²) in [5.74, 6) is -0.0216. The second-order valence-corrected chi connectivity index (χ2v) is 7.51. The summed E-state index contributed by atoms with van der Waals surface area (Å²) < 4.78 is 28.9. The zero-order valence-electron chi connectivity index (χ0n) is 11.6. The second-order valence-electron chi connectivity index (χ2n) is 4.53. The number of hydrogen-bond acceptors (Lipinski definition) is 6. The molecule has 1 N–H and O–H groups in total. The molecule has 114 valence electrons. The van der Waals surface area contributed by atoms with Gasteiger partial charge >= 0.3 is 0 Å². The Kier molecular flexibility index (Phi) is 6.15. The number of nitrogens with zero attached hydrogens (tertiary/aromatic N) is 2. The van der Waals surface area contributed by atoms with E-state index in [2.05, 4.69) is 26.3 Å². The van der Waals surface area contributed by atoms with Crippen molar-refractivity contribution in [3.05, 3.63) is 21.0 Å². The third-order valence-electron chi connectivity index (χ3n) is 2.45. The van der Waals surface area contributed by atoms with Crippen LogP contribution in [-0.2, 0) is 21.1 Å². The van der Waals surface area contributed by atoms with E-state index in [0.717, 1.165) is 0 Å². The monoisotopic (exact) mass is 367 g/mol. The Hall–Kier alpha value is -0.930. The van der Waals surface area contributed by atoms with Crippen LogP contribution in [0.3, 0.4) is 0 Å². The van der Waals surface area contributed by atoms with Crippen LogP contribution >= 0.6 is 15.9 Å². The lowest BCUT2D eigenvalue weighted by Gasteiger charge is -2.15. The van der Waals surface area contributed by atoms with Crippen molar-refractivity contribution in [1.29, 1.82) is 0 Å². The number of ether oxygens (including phenoxy) is 1. The van der Waals surface area contributed by atoms with E-state index in [4.69, 9.17) is 4.74 Å². The molecule has 1 aromatic rings. The van der Waals surface area contributed by atoms with Gasteiger partial charge in [-0.1, -0.05) is 0 Å². The molecule has 9 heteroatoms. The lowest BCUT2D eigenvalue weighted by Crippen LogP contribution is -2.29. The number of halogens is 1. The molecule has 0 saturated carbocycles. The Bertz CT molecular complexity index is 615. The Morgan fingerprint density at radius 3 is 2.75 bits per heavy atom. The molecule has 0 spiro atoms. The first-order chi connectivity index (χ1) is 9.24. The highest BCUT2D eigenvalue weighted by Crippen LogP contribution is 2.17. The average Bonchev–Trinajstić information content (AvgIpc) is 2.32. The highest BCUT2D eigenvalue weighted by atomic mass is 79.9. The van der Waals surface area contributed by atoms with Crippen LogP contribution in [0.15, 0.2) is 15.5 Å². The molecular formula is C11H18BrN3O4S. The van der Waals surface area contributed by atoms with Gasteiger partial charge in [-0.3, -0.25) is 4.79 Å². The van der Waals surface area contributed by atoms with Crippen LogP contribution in [0, 0.1) is 0 Å². The Morgan fingerprint density at radius 1 is 1.55 bits per heavy atom. The SMILES string of the molecule is COCCn1ncc(NC(C)CS(C)(=O)=O)c(Br)c1=O. The summed E-state index contributed by atoms with van der Waals surface area (Å²) in [6.45, 7) is 2.47. The first kappa shape index (κ1) is 17.1. The number of aromatic nitrogens is 2. The molecule has 0 aliphatic heterocycles. The second kappa shape index (κ2) is 7.19. The summed E-state index contributed by atoms with van der Waals surface area (Å²) in [5.41, 5.74) is 0.179. The van der Waals surface area contributed by atoms with Crippen LogP contribution in [0.2, 0.25) is 0 Å². The van der Waals surface area contributed by atoms with Gasteiger partial charge in [0.2, 0.25) is 0 Å². The van der Waals surface area contributed by atoms with Crippen LogP contribution in [0.1, 0.15) is 6.92 Å². The molecule has 0 aliphatic rings. The maximum Gasteiger partial charge on any atom is 0.283 e. The summed E-state index contributed by atoms with van der Waals surface area (Å²) in [6.07, 6.45) is 2.65. The smallest absolute Gasteiger partial charge is 0.283 e. The summed E-state index contributed by atoms with van der Waals surface area (Å²) in [5, 5.41) is 6.97. The lowest BCUT2D eigenvalue weighted by molar-refractivity contribution is 0.181. The molecule has 0 bridgehead atoms. The van der Waals surface area contributed by atoms with Gasteiger partial charge in [-0.15, -0.1) is 0 Å². The molecule has 0 aliphatic carbocycles. The molecule has 1 rings (SSSR count). The van der Waals surface area contributed by atoms with Crippen molar-refractivity contribution < 1.29 is 13.2 Å². The minimum absolute atomic E-state index is 0.0216. The molecule has 0 fully saturated rings.